The zero-order valence-electron chi connectivity index (χ0n) is 9.82. The van der Waals surface area contributed by atoms with Gasteiger partial charge in [0.15, 0.2) is 0 Å². The molecule has 2 saturated heterocycles. The molecule has 7 nitrogen and oxygen atoms in total. The molecule has 0 aromatic carbocycles. The average Bonchev–Trinajstić information content (AvgIpc) is 2.71. The van der Waals surface area contributed by atoms with Gasteiger partial charge < -0.3 is 20.0 Å². The molecule has 8 heteroatoms. The number of rotatable bonds is 1. The Bertz CT molecular complexity index is 378. The summed E-state index contributed by atoms with van der Waals surface area (Å²) in [5, 5.41) is 18.5. The Labute approximate surface area is 107 Å². The lowest BCUT2D eigenvalue weighted by atomic mass is 10.2. The molecule has 0 saturated carbocycles. The Hall–Kier alpha value is -1.15. The van der Waals surface area contributed by atoms with E-state index < -0.39 is 28.9 Å². The molecular weight excluding hydrogens is 260 g/mol. The first kappa shape index (κ1) is 13.3. The average molecular weight is 276 g/mol. The van der Waals surface area contributed by atoms with Crippen LogP contribution in [0, 0.1) is 0 Å². The molecule has 0 unspecified atom stereocenters. The molecule has 0 spiro atoms. The molecule has 0 aromatic heterocycles. The second-order valence-electron chi connectivity index (χ2n) is 4.51. The van der Waals surface area contributed by atoms with Crippen LogP contribution in [-0.4, -0.2) is 79.5 Å². The van der Waals surface area contributed by atoms with Gasteiger partial charge in [0.2, 0.25) is 0 Å². The van der Waals surface area contributed by atoms with E-state index in [2.05, 4.69) is 0 Å². The second-order valence-corrected chi connectivity index (χ2v) is 6.21. The molecule has 2 aliphatic heterocycles. The van der Waals surface area contributed by atoms with Crippen molar-refractivity contribution in [2.75, 3.05) is 31.1 Å². The zero-order valence-corrected chi connectivity index (χ0v) is 10.6. The van der Waals surface area contributed by atoms with Crippen molar-refractivity contribution < 1.29 is 24.0 Å². The molecule has 2 rings (SSSR count). The smallest absolute Gasteiger partial charge is 0.326 e. The SMILES string of the molecule is O=C(O)[C@@H]1C[C@H](O)CN1C(=O)N1CCS(=O)CC1. The van der Waals surface area contributed by atoms with Gasteiger partial charge in [0.1, 0.15) is 6.04 Å². The highest BCUT2D eigenvalue weighted by atomic mass is 32.2. The predicted molar refractivity (Wildman–Crippen MR) is 63.6 cm³/mol. The molecule has 0 aromatic rings. The van der Waals surface area contributed by atoms with Crippen LogP contribution in [0.25, 0.3) is 0 Å². The first-order chi connectivity index (χ1) is 8.49. The number of urea groups is 1. The topological polar surface area (TPSA) is 98.2 Å². The van der Waals surface area contributed by atoms with Crippen LogP contribution in [0.5, 0.6) is 0 Å². The number of aliphatic hydroxyl groups excluding tert-OH is 1. The molecule has 2 fully saturated rings. The number of hydrogen-bond donors (Lipinski definition) is 2. The third kappa shape index (κ3) is 2.64. The van der Waals surface area contributed by atoms with Gasteiger partial charge in [-0.15, -0.1) is 0 Å². The van der Waals surface area contributed by atoms with Gasteiger partial charge in [-0.05, 0) is 0 Å². The van der Waals surface area contributed by atoms with Gasteiger partial charge in [-0.1, -0.05) is 0 Å². The van der Waals surface area contributed by atoms with E-state index >= 15 is 0 Å². The largest absolute Gasteiger partial charge is 0.480 e. The summed E-state index contributed by atoms with van der Waals surface area (Å²) >= 11 is 0. The van der Waals surface area contributed by atoms with E-state index in [1.165, 1.54) is 9.80 Å². The predicted octanol–water partition coefficient (Wildman–Crippen LogP) is -1.31. The number of hydrogen-bond acceptors (Lipinski definition) is 4. The molecule has 0 radical (unpaired) electrons. The number of nitrogens with zero attached hydrogens (tertiary/aromatic N) is 2. The molecule has 102 valence electrons. The van der Waals surface area contributed by atoms with Crippen molar-refractivity contribution in [3.63, 3.8) is 0 Å². The number of carboxylic acid groups (broad SMARTS) is 1. The van der Waals surface area contributed by atoms with Crippen molar-refractivity contribution in [2.45, 2.75) is 18.6 Å². The minimum Gasteiger partial charge on any atom is -0.480 e. The van der Waals surface area contributed by atoms with E-state index in [0.29, 0.717) is 24.6 Å². The van der Waals surface area contributed by atoms with Crippen molar-refractivity contribution >= 4 is 22.8 Å². The Morgan fingerprint density at radius 3 is 2.39 bits per heavy atom. The standard InChI is InChI=1S/C10H16N2O5S/c13-7-5-8(9(14)15)12(6-7)10(16)11-1-3-18(17)4-2-11/h7-8,13H,1-6H2,(H,14,15)/t7-,8-/m0/s1. The highest BCUT2D eigenvalue weighted by Gasteiger charge is 2.40. The number of aliphatic hydroxyl groups is 1. The van der Waals surface area contributed by atoms with Crippen molar-refractivity contribution in [3.8, 4) is 0 Å². The summed E-state index contributed by atoms with van der Waals surface area (Å²) in [5.41, 5.74) is 0. The summed E-state index contributed by atoms with van der Waals surface area (Å²) in [6.07, 6.45) is -0.713. The number of carbonyl (C=O) groups is 2. The second kappa shape index (κ2) is 5.23. The number of likely N-dealkylation sites (tertiary alicyclic amines) is 1. The van der Waals surface area contributed by atoms with Crippen molar-refractivity contribution in [2.24, 2.45) is 0 Å². The minimum atomic E-state index is -1.10. The summed E-state index contributed by atoms with van der Waals surface area (Å²) in [5.74, 6) is -0.236. The van der Waals surface area contributed by atoms with Crippen LogP contribution >= 0.6 is 0 Å². The molecular formula is C10H16N2O5S. The van der Waals surface area contributed by atoms with Gasteiger partial charge in [-0.25, -0.2) is 9.59 Å². The Morgan fingerprint density at radius 1 is 1.22 bits per heavy atom. The van der Waals surface area contributed by atoms with Gasteiger partial charge in [-0.3, -0.25) is 4.21 Å². The van der Waals surface area contributed by atoms with E-state index in [0.717, 1.165) is 0 Å². The fourth-order valence-corrected chi connectivity index (χ4v) is 3.32. The third-order valence-corrected chi connectivity index (χ3v) is 4.53. The number of aliphatic carboxylic acids is 1. The van der Waals surface area contributed by atoms with Gasteiger partial charge in [0, 0.05) is 48.4 Å². The molecule has 2 amide bonds. The molecule has 2 N–H and O–H groups in total. The molecule has 2 atom stereocenters. The highest BCUT2D eigenvalue weighted by Crippen LogP contribution is 2.20. The fraction of sp³-hybridized carbons (Fsp3) is 0.800. The van der Waals surface area contributed by atoms with Gasteiger partial charge >= 0.3 is 12.0 Å². The third-order valence-electron chi connectivity index (χ3n) is 3.26. The van der Waals surface area contributed by atoms with E-state index in [-0.39, 0.29) is 19.0 Å². The summed E-state index contributed by atoms with van der Waals surface area (Å²) in [4.78, 5) is 25.9. The van der Waals surface area contributed by atoms with Crippen LogP contribution in [0.3, 0.4) is 0 Å². The number of β-amino-alcohol motifs (C(OH)–C–C–N with tert-alkyl or cyclic N) is 1. The Balaban J connectivity index is 2.03. The van der Waals surface area contributed by atoms with Crippen LogP contribution < -0.4 is 0 Å². The minimum absolute atomic E-state index is 0.0510. The maximum absolute atomic E-state index is 12.1. The van der Waals surface area contributed by atoms with Crippen LogP contribution in [0.2, 0.25) is 0 Å². The Morgan fingerprint density at radius 2 is 1.83 bits per heavy atom. The molecule has 2 heterocycles. The van der Waals surface area contributed by atoms with E-state index in [1.54, 1.807) is 0 Å². The van der Waals surface area contributed by atoms with Crippen molar-refractivity contribution in [1.29, 1.82) is 0 Å². The Kier molecular flexibility index (Phi) is 3.86. The molecule has 2 aliphatic rings. The lowest BCUT2D eigenvalue weighted by Gasteiger charge is -2.32. The van der Waals surface area contributed by atoms with Crippen LogP contribution in [-0.2, 0) is 15.6 Å². The lowest BCUT2D eigenvalue weighted by Crippen LogP contribution is -2.51. The van der Waals surface area contributed by atoms with E-state index in [9.17, 15) is 18.9 Å². The fourth-order valence-electron chi connectivity index (χ4n) is 2.27. The monoisotopic (exact) mass is 276 g/mol. The van der Waals surface area contributed by atoms with Crippen molar-refractivity contribution in [3.05, 3.63) is 0 Å². The van der Waals surface area contributed by atoms with Crippen LogP contribution in [0.15, 0.2) is 0 Å². The van der Waals surface area contributed by atoms with E-state index in [1.807, 2.05) is 0 Å². The number of amides is 2. The molecule has 0 bridgehead atoms. The quantitative estimate of drug-likeness (QED) is 0.619. The van der Waals surface area contributed by atoms with Crippen LogP contribution in [0.4, 0.5) is 4.79 Å². The summed E-state index contributed by atoms with van der Waals surface area (Å²) in [6.45, 7) is 0.810. The number of carboxylic acids is 1. The van der Waals surface area contributed by atoms with Crippen molar-refractivity contribution in [1.82, 2.24) is 9.80 Å². The summed E-state index contributed by atoms with van der Waals surface area (Å²) in [6, 6.07) is -1.34. The van der Waals surface area contributed by atoms with Crippen LogP contribution in [0.1, 0.15) is 6.42 Å². The molecule has 18 heavy (non-hydrogen) atoms. The lowest BCUT2D eigenvalue weighted by molar-refractivity contribution is -0.141. The molecule has 0 aliphatic carbocycles. The highest BCUT2D eigenvalue weighted by molar-refractivity contribution is 7.85. The maximum atomic E-state index is 12.1. The van der Waals surface area contributed by atoms with E-state index in [4.69, 9.17) is 5.11 Å². The zero-order chi connectivity index (χ0) is 13.3. The first-order valence-corrected chi connectivity index (χ1v) is 7.29. The van der Waals surface area contributed by atoms with Gasteiger partial charge in [0.05, 0.1) is 6.10 Å². The normalized spacial score (nSPS) is 29.6. The summed E-state index contributed by atoms with van der Waals surface area (Å²) < 4.78 is 11.2. The first-order valence-electron chi connectivity index (χ1n) is 5.80. The maximum Gasteiger partial charge on any atom is 0.326 e. The number of carbonyl (C=O) groups excluding carboxylic acids is 1. The van der Waals surface area contributed by atoms with Gasteiger partial charge in [0.25, 0.3) is 0 Å². The summed E-state index contributed by atoms with van der Waals surface area (Å²) in [7, 11) is -0.882. The van der Waals surface area contributed by atoms with Gasteiger partial charge in [-0.2, -0.15) is 0 Å².